The molecule has 1 saturated heterocycles. The zero-order valence-corrected chi connectivity index (χ0v) is 16.4. The summed E-state index contributed by atoms with van der Waals surface area (Å²) < 4.78 is 5.43. The Bertz CT molecular complexity index is 1110. The first-order chi connectivity index (χ1) is 12.9. The third-order valence-electron chi connectivity index (χ3n) is 5.86. The highest BCUT2D eigenvalue weighted by Crippen LogP contribution is 2.20. The molecule has 4 rings (SSSR count). The molecule has 0 radical (unpaired) electrons. The van der Waals surface area contributed by atoms with Crippen LogP contribution in [0.3, 0.4) is 0 Å². The summed E-state index contributed by atoms with van der Waals surface area (Å²) in [5, 5.41) is 0. The van der Waals surface area contributed by atoms with E-state index in [4.69, 9.17) is 0 Å². The molecule has 3 aromatic heterocycles. The Kier molecular flexibility index (Phi) is 4.43. The predicted octanol–water partition coefficient (Wildman–Crippen LogP) is -0.0697. The van der Waals surface area contributed by atoms with Gasteiger partial charge in [0.25, 0.3) is 5.56 Å². The summed E-state index contributed by atoms with van der Waals surface area (Å²) in [6, 6.07) is 0. The van der Waals surface area contributed by atoms with Crippen molar-refractivity contribution < 1.29 is 0 Å². The fourth-order valence-electron chi connectivity index (χ4n) is 3.97. The standard InChI is InChI=1S/C18H27N7O2/c1-12-13(2)25-14-15(22(4)18(27)20-16(14)26)19-17(25)24(12)7-5-6-23-10-8-21(3)9-11-23/h5-11H2,1-4H3,(H,20,26,27). The van der Waals surface area contributed by atoms with Crippen molar-refractivity contribution in [3.8, 4) is 0 Å². The topological polar surface area (TPSA) is 83.6 Å². The Morgan fingerprint density at radius 3 is 2.41 bits per heavy atom. The van der Waals surface area contributed by atoms with Gasteiger partial charge in [-0.05, 0) is 33.9 Å². The van der Waals surface area contributed by atoms with Gasteiger partial charge in [-0.2, -0.15) is 4.98 Å². The molecule has 4 heterocycles. The second-order valence-electron chi connectivity index (χ2n) is 7.56. The number of aryl methyl sites for hydroxylation is 3. The second-order valence-corrected chi connectivity index (χ2v) is 7.56. The predicted molar refractivity (Wildman–Crippen MR) is 105 cm³/mol. The number of imidazole rings is 2. The summed E-state index contributed by atoms with van der Waals surface area (Å²) in [4.78, 5) is 36.2. The van der Waals surface area contributed by atoms with Gasteiger partial charge >= 0.3 is 5.69 Å². The monoisotopic (exact) mass is 373 g/mol. The van der Waals surface area contributed by atoms with E-state index in [2.05, 4.69) is 38.3 Å². The summed E-state index contributed by atoms with van der Waals surface area (Å²) in [6.07, 6.45) is 1.02. The van der Waals surface area contributed by atoms with Gasteiger partial charge in [0.1, 0.15) is 0 Å². The van der Waals surface area contributed by atoms with Crippen LogP contribution >= 0.6 is 0 Å². The minimum Gasteiger partial charge on any atom is -0.314 e. The fourth-order valence-corrected chi connectivity index (χ4v) is 3.97. The average Bonchev–Trinajstić information content (AvgIpc) is 3.13. The zero-order valence-electron chi connectivity index (χ0n) is 16.4. The van der Waals surface area contributed by atoms with Crippen LogP contribution in [0.25, 0.3) is 16.9 Å². The third kappa shape index (κ3) is 2.90. The Balaban J connectivity index is 1.67. The highest BCUT2D eigenvalue weighted by Gasteiger charge is 2.20. The Morgan fingerprint density at radius 1 is 1.00 bits per heavy atom. The summed E-state index contributed by atoms with van der Waals surface area (Å²) in [5.41, 5.74) is 2.12. The third-order valence-corrected chi connectivity index (χ3v) is 5.86. The first kappa shape index (κ1) is 18.0. The van der Waals surface area contributed by atoms with E-state index in [9.17, 15) is 9.59 Å². The van der Waals surface area contributed by atoms with Crippen LogP contribution in [0.15, 0.2) is 9.59 Å². The summed E-state index contributed by atoms with van der Waals surface area (Å²) in [6.45, 7) is 10.4. The van der Waals surface area contributed by atoms with E-state index in [0.717, 1.165) is 62.9 Å². The Morgan fingerprint density at radius 2 is 1.70 bits per heavy atom. The molecule has 146 valence electrons. The molecule has 3 aromatic rings. The van der Waals surface area contributed by atoms with Gasteiger partial charge in [-0.3, -0.25) is 18.7 Å². The van der Waals surface area contributed by atoms with Crippen molar-refractivity contribution in [3.63, 3.8) is 0 Å². The Labute approximate surface area is 156 Å². The molecule has 0 aliphatic carbocycles. The number of rotatable bonds is 4. The van der Waals surface area contributed by atoms with Crippen molar-refractivity contribution in [2.45, 2.75) is 26.8 Å². The number of fused-ring (bicyclic) bond motifs is 3. The van der Waals surface area contributed by atoms with E-state index >= 15 is 0 Å². The van der Waals surface area contributed by atoms with Crippen molar-refractivity contribution >= 4 is 16.9 Å². The number of likely N-dealkylation sites (N-methyl/N-ethyl adjacent to an activating group) is 1. The normalized spacial score (nSPS) is 16.7. The molecule has 1 N–H and O–H groups in total. The van der Waals surface area contributed by atoms with Gasteiger partial charge in [0.15, 0.2) is 11.2 Å². The van der Waals surface area contributed by atoms with Gasteiger partial charge in [0, 0.05) is 51.2 Å². The van der Waals surface area contributed by atoms with Gasteiger partial charge in [-0.25, -0.2) is 4.79 Å². The number of hydrogen-bond acceptors (Lipinski definition) is 5. The van der Waals surface area contributed by atoms with Crippen molar-refractivity contribution in [2.75, 3.05) is 39.8 Å². The van der Waals surface area contributed by atoms with Crippen LogP contribution < -0.4 is 11.2 Å². The maximum atomic E-state index is 12.4. The number of piperazine rings is 1. The Hall–Kier alpha value is -2.39. The fraction of sp³-hybridized carbons (Fsp3) is 0.611. The van der Waals surface area contributed by atoms with Crippen molar-refractivity contribution in [3.05, 3.63) is 32.2 Å². The van der Waals surface area contributed by atoms with Crippen LogP contribution in [0, 0.1) is 13.8 Å². The number of aromatic amines is 1. The van der Waals surface area contributed by atoms with Gasteiger partial charge < -0.3 is 14.4 Å². The summed E-state index contributed by atoms with van der Waals surface area (Å²) in [5.74, 6) is 0.727. The second kappa shape index (κ2) is 6.65. The SMILES string of the molecule is Cc1c(C)n2c3c(=O)[nH]c(=O)n(C)c3nc2n1CCCN1CCN(C)CC1. The van der Waals surface area contributed by atoms with Crippen molar-refractivity contribution in [1.82, 2.24) is 33.3 Å². The molecule has 0 spiro atoms. The van der Waals surface area contributed by atoms with E-state index in [-0.39, 0.29) is 0 Å². The quantitative estimate of drug-likeness (QED) is 0.692. The lowest BCUT2D eigenvalue weighted by Gasteiger charge is -2.32. The van der Waals surface area contributed by atoms with E-state index in [0.29, 0.717) is 11.2 Å². The molecule has 1 aliphatic rings. The highest BCUT2D eigenvalue weighted by molar-refractivity contribution is 5.76. The van der Waals surface area contributed by atoms with Crippen LogP contribution in [0.1, 0.15) is 17.8 Å². The average molecular weight is 373 g/mol. The first-order valence-electron chi connectivity index (χ1n) is 9.46. The molecule has 9 heteroatoms. The van der Waals surface area contributed by atoms with Gasteiger partial charge in [-0.15, -0.1) is 0 Å². The number of hydrogen-bond donors (Lipinski definition) is 1. The van der Waals surface area contributed by atoms with Gasteiger partial charge in [-0.1, -0.05) is 0 Å². The minimum absolute atomic E-state index is 0.390. The molecule has 0 unspecified atom stereocenters. The van der Waals surface area contributed by atoms with E-state index < -0.39 is 11.2 Å². The van der Waals surface area contributed by atoms with Crippen LogP contribution in [0.4, 0.5) is 0 Å². The molecule has 0 saturated carbocycles. The molecule has 0 amide bonds. The number of aromatic nitrogens is 5. The van der Waals surface area contributed by atoms with E-state index in [1.165, 1.54) is 4.57 Å². The number of nitrogens with zero attached hydrogens (tertiary/aromatic N) is 6. The number of H-pyrrole nitrogens is 1. The molecule has 0 bridgehead atoms. The van der Waals surface area contributed by atoms with Gasteiger partial charge in [0.2, 0.25) is 5.78 Å². The van der Waals surface area contributed by atoms with Crippen LogP contribution in [-0.4, -0.2) is 73.1 Å². The first-order valence-corrected chi connectivity index (χ1v) is 9.46. The summed E-state index contributed by atoms with van der Waals surface area (Å²) in [7, 11) is 3.80. The molecule has 27 heavy (non-hydrogen) atoms. The lowest BCUT2D eigenvalue weighted by Crippen LogP contribution is -2.44. The lowest BCUT2D eigenvalue weighted by atomic mass is 10.3. The zero-order chi connectivity index (χ0) is 19.3. The summed E-state index contributed by atoms with van der Waals surface area (Å²) >= 11 is 0. The van der Waals surface area contributed by atoms with Crippen molar-refractivity contribution in [1.29, 1.82) is 0 Å². The number of nitrogens with one attached hydrogen (secondary N) is 1. The maximum Gasteiger partial charge on any atom is 0.329 e. The van der Waals surface area contributed by atoms with Crippen LogP contribution in [-0.2, 0) is 13.6 Å². The minimum atomic E-state index is -0.441. The van der Waals surface area contributed by atoms with Crippen LogP contribution in [0.2, 0.25) is 0 Å². The van der Waals surface area contributed by atoms with Crippen molar-refractivity contribution in [2.24, 2.45) is 7.05 Å². The lowest BCUT2D eigenvalue weighted by molar-refractivity contribution is 0.151. The van der Waals surface area contributed by atoms with E-state index in [1.807, 2.05) is 11.3 Å². The highest BCUT2D eigenvalue weighted by atomic mass is 16.2. The van der Waals surface area contributed by atoms with E-state index in [1.54, 1.807) is 7.05 Å². The molecular formula is C18H27N7O2. The van der Waals surface area contributed by atoms with Crippen LogP contribution in [0.5, 0.6) is 0 Å². The molecule has 0 aromatic carbocycles. The molecular weight excluding hydrogens is 346 g/mol. The molecule has 0 atom stereocenters. The molecule has 1 fully saturated rings. The van der Waals surface area contributed by atoms with Gasteiger partial charge in [0.05, 0.1) is 0 Å². The molecule has 1 aliphatic heterocycles. The smallest absolute Gasteiger partial charge is 0.314 e. The largest absolute Gasteiger partial charge is 0.329 e. The maximum absolute atomic E-state index is 12.4. The molecule has 9 nitrogen and oxygen atoms in total.